The third kappa shape index (κ3) is 4.79. The van der Waals surface area contributed by atoms with E-state index in [0.717, 1.165) is 14.6 Å². The standard InChI is InChI=1S/C24H24N4O4S2/c1-4-32-20-6-5-7-21-22(20)26-24(33-21)28(16-17-12-14-25-15-13-17)23(29)18-8-10-19(11-9-18)34(30,31)27(2)3/h5-15H,4,16H2,1-3H3. The van der Waals surface area contributed by atoms with Crippen LogP contribution < -0.4 is 9.64 Å². The average molecular weight is 497 g/mol. The summed E-state index contributed by atoms with van der Waals surface area (Å²) in [7, 11) is -0.657. The maximum Gasteiger partial charge on any atom is 0.260 e. The van der Waals surface area contributed by atoms with Crippen molar-refractivity contribution in [1.29, 1.82) is 0 Å². The molecule has 0 fully saturated rings. The number of sulfonamides is 1. The van der Waals surface area contributed by atoms with Gasteiger partial charge in [0.05, 0.1) is 22.7 Å². The number of rotatable bonds is 8. The second-order valence-electron chi connectivity index (χ2n) is 7.59. The molecule has 0 spiro atoms. The number of carbonyl (C=O) groups excluding carboxylic acids is 1. The molecule has 1 amide bonds. The van der Waals surface area contributed by atoms with E-state index in [1.54, 1.807) is 17.3 Å². The minimum atomic E-state index is -3.59. The lowest BCUT2D eigenvalue weighted by molar-refractivity contribution is 0.0985. The van der Waals surface area contributed by atoms with Crippen molar-refractivity contribution in [2.24, 2.45) is 0 Å². The van der Waals surface area contributed by atoms with E-state index >= 15 is 0 Å². The lowest BCUT2D eigenvalue weighted by atomic mass is 10.2. The SMILES string of the molecule is CCOc1cccc2sc(N(Cc3ccncc3)C(=O)c3ccc(S(=O)(=O)N(C)C)cc3)nc12. The maximum absolute atomic E-state index is 13.6. The average Bonchev–Trinajstić information content (AvgIpc) is 3.28. The summed E-state index contributed by atoms with van der Waals surface area (Å²) < 4.78 is 32.5. The third-order valence-corrected chi connectivity index (χ3v) is 7.99. The summed E-state index contributed by atoms with van der Waals surface area (Å²) in [4.78, 5) is 24.1. The van der Waals surface area contributed by atoms with Gasteiger partial charge in [-0.05, 0) is 61.0 Å². The molecule has 176 valence electrons. The number of thiazole rings is 1. The molecule has 4 rings (SSSR count). The van der Waals surface area contributed by atoms with Crippen molar-refractivity contribution in [2.45, 2.75) is 18.4 Å². The summed E-state index contributed by atoms with van der Waals surface area (Å²) in [5, 5.41) is 0.522. The van der Waals surface area contributed by atoms with E-state index in [1.807, 2.05) is 37.3 Å². The maximum atomic E-state index is 13.6. The Morgan fingerprint density at radius 3 is 2.38 bits per heavy atom. The largest absolute Gasteiger partial charge is 0.492 e. The van der Waals surface area contributed by atoms with Crippen LogP contribution in [0.25, 0.3) is 10.2 Å². The highest BCUT2D eigenvalue weighted by atomic mass is 32.2. The minimum Gasteiger partial charge on any atom is -0.492 e. The number of hydrogen-bond acceptors (Lipinski definition) is 7. The second kappa shape index (κ2) is 9.88. The van der Waals surface area contributed by atoms with Crippen molar-refractivity contribution in [2.75, 3.05) is 25.6 Å². The first kappa shape index (κ1) is 23.8. The van der Waals surface area contributed by atoms with Crippen LogP contribution in [0.3, 0.4) is 0 Å². The molecule has 34 heavy (non-hydrogen) atoms. The Kier molecular flexibility index (Phi) is 6.92. The van der Waals surface area contributed by atoms with Crippen molar-refractivity contribution in [1.82, 2.24) is 14.3 Å². The zero-order valence-electron chi connectivity index (χ0n) is 19.0. The predicted octanol–water partition coefficient (Wildman–Crippen LogP) is 4.19. The van der Waals surface area contributed by atoms with Gasteiger partial charge in [-0.15, -0.1) is 0 Å². The number of carbonyl (C=O) groups is 1. The number of nitrogens with zero attached hydrogens (tertiary/aromatic N) is 4. The van der Waals surface area contributed by atoms with Gasteiger partial charge in [0.25, 0.3) is 5.91 Å². The van der Waals surface area contributed by atoms with Gasteiger partial charge in [0.15, 0.2) is 5.13 Å². The van der Waals surface area contributed by atoms with Crippen molar-refractivity contribution in [3.63, 3.8) is 0 Å². The molecule has 2 aromatic carbocycles. The first-order valence-corrected chi connectivity index (χ1v) is 12.8. The highest BCUT2D eigenvalue weighted by Gasteiger charge is 2.24. The number of pyridine rings is 1. The molecule has 0 saturated carbocycles. The molecule has 0 radical (unpaired) electrons. The van der Waals surface area contributed by atoms with Crippen LogP contribution in [0.15, 0.2) is 71.9 Å². The van der Waals surface area contributed by atoms with E-state index in [2.05, 4.69) is 4.98 Å². The molecule has 8 nitrogen and oxygen atoms in total. The number of para-hydroxylation sites is 1. The Balaban J connectivity index is 1.74. The topological polar surface area (TPSA) is 92.7 Å². The number of hydrogen-bond donors (Lipinski definition) is 0. The molecule has 0 aliphatic carbocycles. The van der Waals surface area contributed by atoms with Crippen LogP contribution in [0.2, 0.25) is 0 Å². The van der Waals surface area contributed by atoms with Crippen molar-refractivity contribution in [3.8, 4) is 5.75 Å². The molecule has 0 unspecified atom stereocenters. The zero-order valence-corrected chi connectivity index (χ0v) is 20.6. The molecular formula is C24H24N4O4S2. The molecule has 0 bridgehead atoms. The third-order valence-electron chi connectivity index (χ3n) is 5.12. The van der Waals surface area contributed by atoms with Crippen LogP contribution in [0.1, 0.15) is 22.8 Å². The number of amides is 1. The van der Waals surface area contributed by atoms with Crippen LogP contribution in [0.5, 0.6) is 5.75 Å². The molecule has 4 aromatic rings. The zero-order chi connectivity index (χ0) is 24.3. The van der Waals surface area contributed by atoms with Crippen LogP contribution >= 0.6 is 11.3 Å². The molecule has 0 atom stereocenters. The van der Waals surface area contributed by atoms with Crippen molar-refractivity contribution in [3.05, 3.63) is 78.1 Å². The van der Waals surface area contributed by atoms with Gasteiger partial charge >= 0.3 is 0 Å². The fourth-order valence-electron chi connectivity index (χ4n) is 3.33. The highest BCUT2D eigenvalue weighted by Crippen LogP contribution is 2.35. The monoisotopic (exact) mass is 496 g/mol. The summed E-state index contributed by atoms with van der Waals surface area (Å²) in [6.07, 6.45) is 3.34. The van der Waals surface area contributed by atoms with Gasteiger partial charge in [-0.3, -0.25) is 14.7 Å². The molecule has 0 saturated heterocycles. The van der Waals surface area contributed by atoms with Gasteiger partial charge < -0.3 is 4.74 Å². The molecule has 0 aliphatic rings. The Bertz CT molecular complexity index is 1400. The molecule has 0 aliphatic heterocycles. The number of anilines is 1. The Morgan fingerprint density at radius 2 is 1.74 bits per heavy atom. The Hall–Kier alpha value is -3.34. The van der Waals surface area contributed by atoms with Crippen molar-refractivity contribution >= 4 is 42.6 Å². The van der Waals surface area contributed by atoms with Gasteiger partial charge in [-0.2, -0.15) is 0 Å². The summed E-state index contributed by atoms with van der Waals surface area (Å²) in [5.41, 5.74) is 1.94. The number of benzene rings is 2. The lowest BCUT2D eigenvalue weighted by Crippen LogP contribution is -2.30. The smallest absolute Gasteiger partial charge is 0.260 e. The first-order valence-electron chi connectivity index (χ1n) is 10.6. The molecule has 2 heterocycles. The van der Waals surface area contributed by atoms with E-state index in [1.165, 1.54) is 49.7 Å². The van der Waals surface area contributed by atoms with E-state index in [-0.39, 0.29) is 17.3 Å². The molecule has 2 aromatic heterocycles. The number of aromatic nitrogens is 2. The summed E-state index contributed by atoms with van der Waals surface area (Å²) in [6.45, 7) is 2.70. The minimum absolute atomic E-state index is 0.121. The second-order valence-corrected chi connectivity index (χ2v) is 10.8. The van der Waals surface area contributed by atoms with Crippen LogP contribution in [0, 0.1) is 0 Å². The summed E-state index contributed by atoms with van der Waals surface area (Å²) in [6, 6.07) is 15.3. The van der Waals surface area contributed by atoms with Gasteiger partial charge in [-0.1, -0.05) is 17.4 Å². The van der Waals surface area contributed by atoms with Gasteiger partial charge in [0.1, 0.15) is 11.3 Å². The Morgan fingerprint density at radius 1 is 1.03 bits per heavy atom. The lowest BCUT2D eigenvalue weighted by Gasteiger charge is -2.20. The van der Waals surface area contributed by atoms with E-state index < -0.39 is 10.0 Å². The van der Waals surface area contributed by atoms with Gasteiger partial charge in [0, 0.05) is 32.1 Å². The van der Waals surface area contributed by atoms with E-state index in [9.17, 15) is 13.2 Å². The summed E-state index contributed by atoms with van der Waals surface area (Å²) >= 11 is 1.39. The van der Waals surface area contributed by atoms with Gasteiger partial charge in [0.2, 0.25) is 10.0 Å². The van der Waals surface area contributed by atoms with Crippen LogP contribution in [-0.2, 0) is 16.6 Å². The van der Waals surface area contributed by atoms with Crippen LogP contribution in [0.4, 0.5) is 5.13 Å². The van der Waals surface area contributed by atoms with E-state index in [4.69, 9.17) is 9.72 Å². The first-order chi connectivity index (χ1) is 16.3. The predicted molar refractivity (Wildman–Crippen MR) is 133 cm³/mol. The quantitative estimate of drug-likeness (QED) is 0.363. The van der Waals surface area contributed by atoms with Crippen LogP contribution in [-0.4, -0.2) is 49.3 Å². The fraction of sp³-hybridized carbons (Fsp3) is 0.208. The summed E-state index contributed by atoms with van der Waals surface area (Å²) in [5.74, 6) is 0.375. The fourth-order valence-corrected chi connectivity index (χ4v) is 5.21. The molecule has 0 N–H and O–H groups in total. The Labute approximate surface area is 202 Å². The van der Waals surface area contributed by atoms with E-state index in [0.29, 0.717) is 28.6 Å². The number of ether oxygens (including phenoxy) is 1. The molecular weight excluding hydrogens is 472 g/mol. The van der Waals surface area contributed by atoms with Crippen molar-refractivity contribution < 1.29 is 17.9 Å². The highest BCUT2D eigenvalue weighted by molar-refractivity contribution is 7.89. The number of fused-ring (bicyclic) bond motifs is 1. The normalized spacial score (nSPS) is 11.6. The van der Waals surface area contributed by atoms with Gasteiger partial charge in [-0.25, -0.2) is 17.7 Å². The molecule has 10 heteroatoms.